The van der Waals surface area contributed by atoms with E-state index in [0.717, 1.165) is 40.1 Å². The van der Waals surface area contributed by atoms with Crippen LogP contribution in [0.3, 0.4) is 0 Å². The maximum Gasteiger partial charge on any atom is 0.133 e. The zero-order chi connectivity index (χ0) is 16.4. The van der Waals surface area contributed by atoms with E-state index in [1.54, 1.807) is 21.3 Å². The van der Waals surface area contributed by atoms with Crippen molar-refractivity contribution in [3.8, 4) is 17.2 Å². The molecular weight excluding hydrogens is 356 g/mol. The van der Waals surface area contributed by atoms with Crippen molar-refractivity contribution in [1.82, 2.24) is 0 Å². The van der Waals surface area contributed by atoms with E-state index >= 15 is 0 Å². The standard InChI is InChI=1S/C19H19BrO3/c1-21-13-9-12(10-14(11-13)22-2)15-5-4-6-17-16(15)7-8-18(23-3)19(17)20/h5,7-11H,4,6H2,1-3H3. The summed E-state index contributed by atoms with van der Waals surface area (Å²) in [6.07, 6.45) is 4.26. The molecule has 0 aliphatic heterocycles. The van der Waals surface area contributed by atoms with E-state index in [0.29, 0.717) is 0 Å². The SMILES string of the molecule is COc1cc(OC)cc(C2=CCCc3c2ccc(OC)c3Br)c1. The minimum atomic E-state index is 0.792. The van der Waals surface area contributed by atoms with Crippen LogP contribution in [0.1, 0.15) is 23.1 Å². The lowest BCUT2D eigenvalue weighted by atomic mass is 9.86. The summed E-state index contributed by atoms with van der Waals surface area (Å²) in [5, 5.41) is 0. The van der Waals surface area contributed by atoms with E-state index in [9.17, 15) is 0 Å². The van der Waals surface area contributed by atoms with Crippen LogP contribution >= 0.6 is 15.9 Å². The van der Waals surface area contributed by atoms with Crippen LogP contribution in [-0.2, 0) is 6.42 Å². The van der Waals surface area contributed by atoms with E-state index in [-0.39, 0.29) is 0 Å². The Balaban J connectivity index is 2.13. The predicted molar refractivity (Wildman–Crippen MR) is 95.6 cm³/mol. The molecule has 23 heavy (non-hydrogen) atoms. The zero-order valence-corrected chi connectivity index (χ0v) is 15.1. The van der Waals surface area contributed by atoms with E-state index in [1.165, 1.54) is 16.7 Å². The predicted octanol–water partition coefficient (Wildman–Crippen LogP) is 4.85. The van der Waals surface area contributed by atoms with Gasteiger partial charge in [0.15, 0.2) is 0 Å². The monoisotopic (exact) mass is 374 g/mol. The van der Waals surface area contributed by atoms with Crippen LogP contribution in [0, 0.1) is 0 Å². The number of allylic oxidation sites excluding steroid dienone is 1. The summed E-state index contributed by atoms with van der Waals surface area (Å²) >= 11 is 3.68. The summed E-state index contributed by atoms with van der Waals surface area (Å²) in [5.41, 5.74) is 4.80. The van der Waals surface area contributed by atoms with Crippen molar-refractivity contribution >= 4 is 21.5 Å². The Bertz CT molecular complexity index is 743. The number of halogens is 1. The molecule has 0 spiro atoms. The summed E-state index contributed by atoms with van der Waals surface area (Å²) in [7, 11) is 5.03. The van der Waals surface area contributed by atoms with Gasteiger partial charge in [0.1, 0.15) is 17.2 Å². The molecule has 2 aromatic carbocycles. The molecule has 4 heteroatoms. The molecule has 0 unspecified atom stereocenters. The summed E-state index contributed by atoms with van der Waals surface area (Å²) in [6, 6.07) is 10.1. The molecule has 0 bridgehead atoms. The first-order valence-electron chi connectivity index (χ1n) is 7.47. The number of hydrogen-bond acceptors (Lipinski definition) is 3. The molecule has 0 saturated heterocycles. The van der Waals surface area contributed by atoms with Gasteiger partial charge >= 0.3 is 0 Å². The molecule has 120 valence electrons. The molecule has 3 nitrogen and oxygen atoms in total. The third-order valence-corrected chi connectivity index (χ3v) is 4.99. The maximum absolute atomic E-state index is 5.42. The molecule has 0 radical (unpaired) electrons. The second kappa shape index (κ2) is 6.67. The Labute approximate surface area is 145 Å². The highest BCUT2D eigenvalue weighted by Gasteiger charge is 2.19. The van der Waals surface area contributed by atoms with Crippen LogP contribution in [-0.4, -0.2) is 21.3 Å². The fraction of sp³-hybridized carbons (Fsp3) is 0.263. The minimum Gasteiger partial charge on any atom is -0.497 e. The van der Waals surface area contributed by atoms with Crippen molar-refractivity contribution in [2.45, 2.75) is 12.8 Å². The normalized spacial score (nSPS) is 13.1. The molecular formula is C19H19BrO3. The molecule has 0 saturated carbocycles. The first-order chi connectivity index (χ1) is 11.2. The fourth-order valence-electron chi connectivity index (χ4n) is 2.96. The third-order valence-electron chi connectivity index (χ3n) is 4.12. The summed E-state index contributed by atoms with van der Waals surface area (Å²) < 4.78 is 17.3. The van der Waals surface area contributed by atoms with Gasteiger partial charge in [0, 0.05) is 6.07 Å². The van der Waals surface area contributed by atoms with Gasteiger partial charge in [-0.2, -0.15) is 0 Å². The highest BCUT2D eigenvalue weighted by molar-refractivity contribution is 9.10. The molecule has 0 aromatic heterocycles. The third kappa shape index (κ3) is 2.95. The fourth-order valence-corrected chi connectivity index (χ4v) is 3.67. The van der Waals surface area contributed by atoms with Crippen molar-refractivity contribution < 1.29 is 14.2 Å². The average molecular weight is 375 g/mol. The van der Waals surface area contributed by atoms with Crippen molar-refractivity contribution in [2.24, 2.45) is 0 Å². The molecule has 1 aliphatic carbocycles. The number of rotatable bonds is 4. The Kier molecular flexibility index (Phi) is 4.62. The lowest BCUT2D eigenvalue weighted by molar-refractivity contribution is 0.394. The van der Waals surface area contributed by atoms with E-state index in [1.807, 2.05) is 24.3 Å². The highest BCUT2D eigenvalue weighted by Crippen LogP contribution is 2.41. The molecule has 2 aromatic rings. The molecule has 3 rings (SSSR count). The van der Waals surface area contributed by atoms with Crippen molar-refractivity contribution in [3.05, 3.63) is 57.6 Å². The number of ether oxygens (including phenoxy) is 3. The smallest absolute Gasteiger partial charge is 0.133 e. The number of benzene rings is 2. The lowest BCUT2D eigenvalue weighted by Gasteiger charge is -2.21. The van der Waals surface area contributed by atoms with Crippen LogP contribution in [0.15, 0.2) is 40.9 Å². The van der Waals surface area contributed by atoms with Gasteiger partial charge in [0.05, 0.1) is 25.8 Å². The Morgan fingerprint density at radius 2 is 1.61 bits per heavy atom. The summed E-state index contributed by atoms with van der Waals surface area (Å²) in [5.74, 6) is 2.45. The van der Waals surface area contributed by atoms with E-state index < -0.39 is 0 Å². The van der Waals surface area contributed by atoms with Crippen LogP contribution in [0.25, 0.3) is 5.57 Å². The highest BCUT2D eigenvalue weighted by atomic mass is 79.9. The van der Waals surface area contributed by atoms with E-state index in [4.69, 9.17) is 14.2 Å². The maximum atomic E-state index is 5.42. The van der Waals surface area contributed by atoms with Gasteiger partial charge in [0.25, 0.3) is 0 Å². The second-order valence-electron chi connectivity index (χ2n) is 5.37. The number of fused-ring (bicyclic) bond motifs is 1. The van der Waals surface area contributed by atoms with Gasteiger partial charge in [-0.1, -0.05) is 12.1 Å². The van der Waals surface area contributed by atoms with Gasteiger partial charge in [-0.15, -0.1) is 0 Å². The Morgan fingerprint density at radius 3 is 2.22 bits per heavy atom. The number of hydrogen-bond donors (Lipinski definition) is 0. The molecule has 0 amide bonds. The van der Waals surface area contributed by atoms with Crippen molar-refractivity contribution in [2.75, 3.05) is 21.3 Å². The zero-order valence-electron chi connectivity index (χ0n) is 13.5. The summed E-state index contributed by atoms with van der Waals surface area (Å²) in [4.78, 5) is 0. The molecule has 0 heterocycles. The number of methoxy groups -OCH3 is 3. The molecule has 0 fully saturated rings. The quantitative estimate of drug-likeness (QED) is 0.765. The van der Waals surface area contributed by atoms with Gasteiger partial charge in [0.2, 0.25) is 0 Å². The van der Waals surface area contributed by atoms with Crippen LogP contribution < -0.4 is 14.2 Å². The van der Waals surface area contributed by atoms with Crippen molar-refractivity contribution in [3.63, 3.8) is 0 Å². The Hall–Kier alpha value is -1.94. The van der Waals surface area contributed by atoms with Crippen LogP contribution in [0.5, 0.6) is 17.2 Å². The van der Waals surface area contributed by atoms with Crippen LogP contribution in [0.2, 0.25) is 0 Å². The van der Waals surface area contributed by atoms with Gasteiger partial charge < -0.3 is 14.2 Å². The van der Waals surface area contributed by atoms with Gasteiger partial charge in [-0.3, -0.25) is 0 Å². The largest absolute Gasteiger partial charge is 0.497 e. The summed E-state index contributed by atoms with van der Waals surface area (Å²) in [6.45, 7) is 0. The Morgan fingerprint density at radius 1 is 0.913 bits per heavy atom. The molecule has 0 N–H and O–H groups in total. The topological polar surface area (TPSA) is 27.7 Å². The van der Waals surface area contributed by atoms with E-state index in [2.05, 4.69) is 28.1 Å². The van der Waals surface area contributed by atoms with Gasteiger partial charge in [-0.25, -0.2) is 0 Å². The van der Waals surface area contributed by atoms with Gasteiger partial charge in [-0.05, 0) is 69.2 Å². The van der Waals surface area contributed by atoms with Crippen LogP contribution in [0.4, 0.5) is 0 Å². The molecule has 0 atom stereocenters. The lowest BCUT2D eigenvalue weighted by Crippen LogP contribution is -2.04. The minimum absolute atomic E-state index is 0.792. The van der Waals surface area contributed by atoms with Crippen molar-refractivity contribution in [1.29, 1.82) is 0 Å². The first kappa shape index (κ1) is 15.9. The first-order valence-corrected chi connectivity index (χ1v) is 8.26. The second-order valence-corrected chi connectivity index (χ2v) is 6.16. The molecule has 1 aliphatic rings. The average Bonchev–Trinajstić information content (AvgIpc) is 2.61.